The summed E-state index contributed by atoms with van der Waals surface area (Å²) in [4.78, 5) is 6.64. The van der Waals surface area contributed by atoms with E-state index in [1.54, 1.807) is 0 Å². The Balaban J connectivity index is 1.95. The lowest BCUT2D eigenvalue weighted by molar-refractivity contribution is 0.169. The van der Waals surface area contributed by atoms with Gasteiger partial charge in [-0.05, 0) is 37.3 Å². The summed E-state index contributed by atoms with van der Waals surface area (Å²) in [6.07, 6.45) is 7.66. The number of nitrogens with zero attached hydrogens (tertiary/aromatic N) is 2. The third-order valence-corrected chi connectivity index (χ3v) is 3.95. The van der Waals surface area contributed by atoms with Gasteiger partial charge in [-0.15, -0.1) is 0 Å². The average Bonchev–Trinajstić information content (AvgIpc) is 2.91. The van der Waals surface area contributed by atoms with Crippen LogP contribution < -0.4 is 4.90 Å². The Hall–Kier alpha value is -1.09. The number of hydrogen-bond acceptors (Lipinski definition) is 3. The molecule has 1 fully saturated rings. The van der Waals surface area contributed by atoms with Crippen molar-refractivity contribution in [1.82, 2.24) is 4.98 Å². The summed E-state index contributed by atoms with van der Waals surface area (Å²) in [5, 5.41) is 9.71. The molecule has 2 rings (SSSR count). The standard InChI is InChI=1S/C15H24N2O/c1-3-15(18)14-9-8-13(10-16-14)17(2)11-12-6-4-5-7-12/h8-10,12,15,18H,3-7,11H2,1-2H3. The fourth-order valence-corrected chi connectivity index (χ4v) is 2.72. The van der Waals surface area contributed by atoms with Crippen molar-refractivity contribution in [2.24, 2.45) is 5.92 Å². The van der Waals surface area contributed by atoms with Crippen LogP contribution in [0.2, 0.25) is 0 Å². The van der Waals surface area contributed by atoms with Crippen molar-refractivity contribution in [3.8, 4) is 0 Å². The van der Waals surface area contributed by atoms with E-state index in [1.807, 2.05) is 19.2 Å². The summed E-state index contributed by atoms with van der Waals surface area (Å²) < 4.78 is 0. The molecule has 100 valence electrons. The van der Waals surface area contributed by atoms with Gasteiger partial charge in [0.1, 0.15) is 0 Å². The SMILES string of the molecule is CCC(O)c1ccc(N(C)CC2CCCC2)cn1. The van der Waals surface area contributed by atoms with Crippen molar-refractivity contribution in [1.29, 1.82) is 0 Å². The molecule has 1 aliphatic rings. The molecule has 1 atom stereocenters. The molecule has 3 nitrogen and oxygen atoms in total. The van der Waals surface area contributed by atoms with Crippen molar-refractivity contribution in [2.45, 2.75) is 45.1 Å². The molecule has 0 spiro atoms. The van der Waals surface area contributed by atoms with Gasteiger partial charge in [-0.2, -0.15) is 0 Å². The first kappa shape index (κ1) is 13.3. The summed E-state index contributed by atoms with van der Waals surface area (Å²) in [5.41, 5.74) is 1.92. The first-order chi connectivity index (χ1) is 8.70. The van der Waals surface area contributed by atoms with Gasteiger partial charge in [0.15, 0.2) is 0 Å². The van der Waals surface area contributed by atoms with Crippen molar-refractivity contribution >= 4 is 5.69 Å². The minimum Gasteiger partial charge on any atom is -0.387 e. The number of anilines is 1. The summed E-state index contributed by atoms with van der Waals surface area (Å²) in [7, 11) is 2.13. The van der Waals surface area contributed by atoms with Crippen LogP contribution in [0, 0.1) is 5.92 Å². The highest BCUT2D eigenvalue weighted by Gasteiger charge is 2.17. The predicted octanol–water partition coefficient (Wildman–Crippen LogP) is 3.15. The Bertz CT molecular complexity index is 357. The largest absolute Gasteiger partial charge is 0.387 e. The van der Waals surface area contributed by atoms with E-state index in [0.717, 1.165) is 23.8 Å². The fraction of sp³-hybridized carbons (Fsp3) is 0.667. The number of aliphatic hydroxyl groups excluding tert-OH is 1. The monoisotopic (exact) mass is 248 g/mol. The summed E-state index contributed by atoms with van der Waals surface area (Å²) in [5.74, 6) is 0.843. The third-order valence-electron chi connectivity index (χ3n) is 3.95. The maximum absolute atomic E-state index is 9.71. The lowest BCUT2D eigenvalue weighted by Gasteiger charge is -2.23. The Morgan fingerprint density at radius 1 is 1.39 bits per heavy atom. The molecule has 0 saturated heterocycles. The topological polar surface area (TPSA) is 36.4 Å². The van der Waals surface area contributed by atoms with Crippen LogP contribution in [0.5, 0.6) is 0 Å². The second-order valence-corrected chi connectivity index (χ2v) is 5.40. The van der Waals surface area contributed by atoms with Gasteiger partial charge in [-0.1, -0.05) is 19.8 Å². The normalized spacial score (nSPS) is 17.9. The maximum atomic E-state index is 9.71. The zero-order valence-electron chi connectivity index (χ0n) is 11.5. The van der Waals surface area contributed by atoms with Gasteiger partial charge in [0, 0.05) is 13.6 Å². The summed E-state index contributed by atoms with van der Waals surface area (Å²) in [6.45, 7) is 3.09. The van der Waals surface area contributed by atoms with Crippen LogP contribution in [0.25, 0.3) is 0 Å². The molecular formula is C15H24N2O. The number of aromatic nitrogens is 1. The van der Waals surface area contributed by atoms with E-state index >= 15 is 0 Å². The van der Waals surface area contributed by atoms with Crippen molar-refractivity contribution in [3.05, 3.63) is 24.0 Å². The van der Waals surface area contributed by atoms with Crippen LogP contribution in [-0.2, 0) is 0 Å². The zero-order chi connectivity index (χ0) is 13.0. The minimum atomic E-state index is -0.431. The number of pyridine rings is 1. The first-order valence-electron chi connectivity index (χ1n) is 7.06. The molecule has 0 aromatic carbocycles. The Morgan fingerprint density at radius 2 is 2.11 bits per heavy atom. The number of rotatable bonds is 5. The van der Waals surface area contributed by atoms with E-state index in [4.69, 9.17) is 0 Å². The molecule has 0 bridgehead atoms. The fourth-order valence-electron chi connectivity index (χ4n) is 2.72. The van der Waals surface area contributed by atoms with Crippen LogP contribution in [0.3, 0.4) is 0 Å². The molecule has 1 heterocycles. The lowest BCUT2D eigenvalue weighted by atomic mass is 10.1. The van der Waals surface area contributed by atoms with Gasteiger partial charge in [0.25, 0.3) is 0 Å². The highest BCUT2D eigenvalue weighted by atomic mass is 16.3. The molecule has 1 aromatic heterocycles. The predicted molar refractivity (Wildman–Crippen MR) is 74.7 cm³/mol. The van der Waals surface area contributed by atoms with Crippen LogP contribution in [0.1, 0.15) is 50.8 Å². The van der Waals surface area contributed by atoms with Crippen molar-refractivity contribution in [2.75, 3.05) is 18.5 Å². The molecule has 1 aliphatic carbocycles. The van der Waals surface area contributed by atoms with E-state index in [1.165, 1.54) is 25.7 Å². The molecule has 18 heavy (non-hydrogen) atoms. The Morgan fingerprint density at radius 3 is 2.67 bits per heavy atom. The average molecular weight is 248 g/mol. The van der Waals surface area contributed by atoms with Gasteiger partial charge in [-0.3, -0.25) is 4.98 Å². The van der Waals surface area contributed by atoms with Crippen LogP contribution >= 0.6 is 0 Å². The van der Waals surface area contributed by atoms with E-state index in [2.05, 4.69) is 23.0 Å². The van der Waals surface area contributed by atoms with Crippen LogP contribution in [-0.4, -0.2) is 23.7 Å². The van der Waals surface area contributed by atoms with Gasteiger partial charge in [0.05, 0.1) is 23.7 Å². The molecular weight excluding hydrogens is 224 g/mol. The molecule has 1 N–H and O–H groups in total. The lowest BCUT2D eigenvalue weighted by Crippen LogP contribution is -2.24. The second-order valence-electron chi connectivity index (χ2n) is 5.40. The molecule has 1 unspecified atom stereocenters. The molecule has 1 saturated carbocycles. The third kappa shape index (κ3) is 3.22. The maximum Gasteiger partial charge on any atom is 0.0957 e. The van der Waals surface area contributed by atoms with E-state index in [9.17, 15) is 5.11 Å². The molecule has 0 radical (unpaired) electrons. The van der Waals surface area contributed by atoms with Crippen LogP contribution in [0.4, 0.5) is 5.69 Å². The minimum absolute atomic E-state index is 0.431. The molecule has 0 amide bonds. The van der Waals surface area contributed by atoms with Crippen molar-refractivity contribution in [3.63, 3.8) is 0 Å². The Kier molecular flexibility index (Phi) is 4.59. The first-order valence-corrected chi connectivity index (χ1v) is 7.06. The van der Waals surface area contributed by atoms with Crippen LogP contribution in [0.15, 0.2) is 18.3 Å². The van der Waals surface area contributed by atoms with Crippen molar-refractivity contribution < 1.29 is 5.11 Å². The number of aliphatic hydroxyl groups is 1. The van der Waals surface area contributed by atoms with Gasteiger partial charge in [0.2, 0.25) is 0 Å². The highest BCUT2D eigenvalue weighted by molar-refractivity contribution is 5.43. The van der Waals surface area contributed by atoms with E-state index in [0.29, 0.717) is 6.42 Å². The van der Waals surface area contributed by atoms with Gasteiger partial charge in [-0.25, -0.2) is 0 Å². The molecule has 3 heteroatoms. The Labute approximate surface area is 110 Å². The number of hydrogen-bond donors (Lipinski definition) is 1. The summed E-state index contributed by atoms with van der Waals surface area (Å²) >= 11 is 0. The van der Waals surface area contributed by atoms with E-state index < -0.39 is 6.10 Å². The van der Waals surface area contributed by atoms with E-state index in [-0.39, 0.29) is 0 Å². The summed E-state index contributed by atoms with van der Waals surface area (Å²) in [6, 6.07) is 4.00. The highest BCUT2D eigenvalue weighted by Crippen LogP contribution is 2.27. The molecule has 0 aliphatic heterocycles. The quantitative estimate of drug-likeness (QED) is 0.869. The second kappa shape index (κ2) is 6.19. The smallest absolute Gasteiger partial charge is 0.0957 e. The zero-order valence-corrected chi connectivity index (χ0v) is 11.5. The van der Waals surface area contributed by atoms with Gasteiger partial charge >= 0.3 is 0 Å². The van der Waals surface area contributed by atoms with Gasteiger partial charge < -0.3 is 10.0 Å². The molecule has 1 aromatic rings.